The van der Waals surface area contributed by atoms with Gasteiger partial charge in [0.25, 0.3) is 0 Å². The molecule has 0 spiro atoms. The van der Waals surface area contributed by atoms with E-state index in [2.05, 4.69) is 13.8 Å². The summed E-state index contributed by atoms with van der Waals surface area (Å²) in [7, 11) is 0. The number of unbranched alkanes of at least 4 members (excludes halogenated alkanes) is 13. The molecule has 0 saturated carbocycles. The van der Waals surface area contributed by atoms with Gasteiger partial charge in [0.1, 0.15) is 0 Å². The molecular formula is C24H46O4. The molecule has 0 aliphatic rings. The van der Waals surface area contributed by atoms with Crippen molar-refractivity contribution in [2.75, 3.05) is 0 Å². The minimum absolute atomic E-state index is 0.194. The summed E-state index contributed by atoms with van der Waals surface area (Å²) in [6.07, 6.45) is 19.7. The molecule has 0 fully saturated rings. The van der Waals surface area contributed by atoms with Gasteiger partial charge in [-0.15, -0.1) is 0 Å². The van der Waals surface area contributed by atoms with Crippen LogP contribution in [0.25, 0.3) is 0 Å². The molecule has 4 nitrogen and oxygen atoms in total. The summed E-state index contributed by atoms with van der Waals surface area (Å²) in [4.78, 5) is 22.1. The normalized spacial score (nSPS) is 13.4. The van der Waals surface area contributed by atoms with E-state index in [1.54, 1.807) is 0 Å². The van der Waals surface area contributed by atoms with E-state index in [1.165, 1.54) is 51.4 Å². The molecule has 0 aromatic carbocycles. The second kappa shape index (κ2) is 19.3. The van der Waals surface area contributed by atoms with Crippen LogP contribution in [-0.2, 0) is 9.59 Å². The van der Waals surface area contributed by atoms with E-state index in [-0.39, 0.29) is 18.3 Å². The van der Waals surface area contributed by atoms with Crippen molar-refractivity contribution in [1.29, 1.82) is 0 Å². The Labute approximate surface area is 173 Å². The van der Waals surface area contributed by atoms with Crippen LogP contribution in [0.5, 0.6) is 0 Å². The molecule has 0 rings (SSSR count). The lowest BCUT2D eigenvalue weighted by Crippen LogP contribution is -2.21. The quantitative estimate of drug-likeness (QED) is 0.197. The standard InChI is InChI=1S/C24H46O4/c1-3-4-5-6-7-8-9-13-16-19-22(24(27)28)21(2)18-15-12-10-11-14-17-20-23(25)26/h21-22H,3-20H2,1-2H3,(H,25,26)(H,27,28). The smallest absolute Gasteiger partial charge is 0.306 e. The molecule has 2 N–H and O–H groups in total. The van der Waals surface area contributed by atoms with E-state index in [0.29, 0.717) is 0 Å². The van der Waals surface area contributed by atoms with Gasteiger partial charge in [0.15, 0.2) is 0 Å². The van der Waals surface area contributed by atoms with E-state index < -0.39 is 11.9 Å². The highest BCUT2D eigenvalue weighted by Gasteiger charge is 2.23. The Hall–Kier alpha value is -1.06. The summed E-state index contributed by atoms with van der Waals surface area (Å²) < 4.78 is 0. The molecule has 0 amide bonds. The zero-order chi connectivity index (χ0) is 21.0. The number of hydrogen-bond donors (Lipinski definition) is 2. The van der Waals surface area contributed by atoms with Crippen LogP contribution < -0.4 is 0 Å². The average Bonchev–Trinajstić information content (AvgIpc) is 2.64. The highest BCUT2D eigenvalue weighted by atomic mass is 16.4. The van der Waals surface area contributed by atoms with Crippen molar-refractivity contribution in [3.63, 3.8) is 0 Å². The molecule has 0 aliphatic carbocycles. The first-order valence-corrected chi connectivity index (χ1v) is 11.9. The average molecular weight is 399 g/mol. The van der Waals surface area contributed by atoms with Crippen molar-refractivity contribution in [2.24, 2.45) is 11.8 Å². The van der Waals surface area contributed by atoms with Crippen molar-refractivity contribution < 1.29 is 19.8 Å². The van der Waals surface area contributed by atoms with Gasteiger partial charge in [-0.2, -0.15) is 0 Å². The van der Waals surface area contributed by atoms with Crippen molar-refractivity contribution in [3.05, 3.63) is 0 Å². The Balaban J connectivity index is 3.70. The molecule has 2 atom stereocenters. The molecule has 2 unspecified atom stereocenters. The first-order valence-electron chi connectivity index (χ1n) is 11.9. The van der Waals surface area contributed by atoms with Crippen LogP contribution in [0, 0.1) is 11.8 Å². The second-order valence-corrected chi connectivity index (χ2v) is 8.59. The fraction of sp³-hybridized carbons (Fsp3) is 0.917. The fourth-order valence-corrected chi connectivity index (χ4v) is 3.98. The van der Waals surface area contributed by atoms with Crippen LogP contribution in [0.2, 0.25) is 0 Å². The van der Waals surface area contributed by atoms with Gasteiger partial charge in [-0.3, -0.25) is 9.59 Å². The number of carboxylic acids is 2. The van der Waals surface area contributed by atoms with Gasteiger partial charge >= 0.3 is 11.9 Å². The topological polar surface area (TPSA) is 74.6 Å². The first kappa shape index (κ1) is 26.9. The number of hydrogen-bond acceptors (Lipinski definition) is 2. The molecule has 166 valence electrons. The SMILES string of the molecule is CCCCCCCCCCCC(C(=O)O)C(C)CCCCCCCCC(=O)O. The van der Waals surface area contributed by atoms with Gasteiger partial charge in [-0.1, -0.05) is 104 Å². The van der Waals surface area contributed by atoms with Crippen LogP contribution in [0.15, 0.2) is 0 Å². The molecule has 0 radical (unpaired) electrons. The van der Waals surface area contributed by atoms with Gasteiger partial charge in [0, 0.05) is 6.42 Å². The predicted molar refractivity (Wildman–Crippen MR) is 117 cm³/mol. The van der Waals surface area contributed by atoms with Crippen LogP contribution >= 0.6 is 0 Å². The van der Waals surface area contributed by atoms with Gasteiger partial charge < -0.3 is 10.2 Å². The lowest BCUT2D eigenvalue weighted by molar-refractivity contribution is -0.144. The third-order valence-electron chi connectivity index (χ3n) is 5.92. The number of rotatable bonds is 21. The van der Waals surface area contributed by atoms with Crippen molar-refractivity contribution >= 4 is 11.9 Å². The van der Waals surface area contributed by atoms with E-state index in [4.69, 9.17) is 5.11 Å². The minimum atomic E-state index is -0.708. The molecule has 0 saturated heterocycles. The third kappa shape index (κ3) is 17.1. The predicted octanol–water partition coefficient (Wildman–Crippen LogP) is 7.45. The Bertz CT molecular complexity index is 381. The Morgan fingerprint density at radius 3 is 1.54 bits per heavy atom. The maximum atomic E-state index is 11.6. The van der Waals surface area contributed by atoms with Crippen molar-refractivity contribution in [3.8, 4) is 0 Å². The highest BCUT2D eigenvalue weighted by molar-refractivity contribution is 5.70. The number of aliphatic carboxylic acids is 2. The molecule has 4 heteroatoms. The van der Waals surface area contributed by atoms with Crippen LogP contribution in [0.1, 0.15) is 129 Å². The monoisotopic (exact) mass is 398 g/mol. The van der Waals surface area contributed by atoms with Gasteiger partial charge in [-0.25, -0.2) is 0 Å². The van der Waals surface area contributed by atoms with Crippen LogP contribution in [0.3, 0.4) is 0 Å². The Morgan fingerprint density at radius 2 is 1.07 bits per heavy atom. The molecular weight excluding hydrogens is 352 g/mol. The summed E-state index contributed by atoms with van der Waals surface area (Å²) in [5.74, 6) is -1.28. The fourth-order valence-electron chi connectivity index (χ4n) is 3.98. The molecule has 0 aromatic rings. The minimum Gasteiger partial charge on any atom is -0.481 e. The van der Waals surface area contributed by atoms with E-state index in [1.807, 2.05) is 0 Å². The number of carboxylic acid groups (broad SMARTS) is 2. The summed E-state index contributed by atoms with van der Waals surface area (Å²) in [5, 5.41) is 18.2. The largest absolute Gasteiger partial charge is 0.481 e. The molecule has 0 heterocycles. The highest BCUT2D eigenvalue weighted by Crippen LogP contribution is 2.25. The van der Waals surface area contributed by atoms with E-state index in [9.17, 15) is 14.7 Å². The zero-order valence-corrected chi connectivity index (χ0v) is 18.6. The van der Waals surface area contributed by atoms with Gasteiger partial charge in [0.2, 0.25) is 0 Å². The number of carbonyl (C=O) groups is 2. The van der Waals surface area contributed by atoms with Gasteiger partial charge in [-0.05, 0) is 25.2 Å². The van der Waals surface area contributed by atoms with Gasteiger partial charge in [0.05, 0.1) is 5.92 Å². The lowest BCUT2D eigenvalue weighted by Gasteiger charge is -2.20. The second-order valence-electron chi connectivity index (χ2n) is 8.59. The summed E-state index contributed by atoms with van der Waals surface area (Å²) in [5.41, 5.74) is 0. The molecule has 0 aromatic heterocycles. The first-order chi connectivity index (χ1) is 13.5. The van der Waals surface area contributed by atoms with Crippen molar-refractivity contribution in [1.82, 2.24) is 0 Å². The molecule has 0 bridgehead atoms. The Morgan fingerprint density at radius 1 is 0.643 bits per heavy atom. The zero-order valence-electron chi connectivity index (χ0n) is 18.6. The lowest BCUT2D eigenvalue weighted by atomic mass is 9.85. The maximum absolute atomic E-state index is 11.6. The van der Waals surface area contributed by atoms with Crippen LogP contribution in [0.4, 0.5) is 0 Å². The molecule has 28 heavy (non-hydrogen) atoms. The van der Waals surface area contributed by atoms with Crippen molar-refractivity contribution in [2.45, 2.75) is 129 Å². The van der Waals surface area contributed by atoms with E-state index >= 15 is 0 Å². The Kier molecular flexibility index (Phi) is 18.5. The molecule has 0 aliphatic heterocycles. The summed E-state index contributed by atoms with van der Waals surface area (Å²) >= 11 is 0. The van der Waals surface area contributed by atoms with E-state index in [0.717, 1.165) is 57.8 Å². The third-order valence-corrected chi connectivity index (χ3v) is 5.92. The maximum Gasteiger partial charge on any atom is 0.306 e. The summed E-state index contributed by atoms with van der Waals surface area (Å²) in [6.45, 7) is 4.34. The summed E-state index contributed by atoms with van der Waals surface area (Å²) in [6, 6.07) is 0. The van der Waals surface area contributed by atoms with Crippen LogP contribution in [-0.4, -0.2) is 22.2 Å².